The number of benzene rings is 2. The zero-order valence-corrected chi connectivity index (χ0v) is 12.7. The lowest BCUT2D eigenvalue weighted by Crippen LogP contribution is -2.45. The van der Waals surface area contributed by atoms with Crippen molar-refractivity contribution in [2.45, 2.75) is 0 Å². The number of likely N-dealkylation sites (N-methyl/N-ethyl adjacent to an activating group) is 1. The van der Waals surface area contributed by atoms with Crippen LogP contribution in [0.2, 0.25) is 0 Å². The fraction of sp³-hybridized carbons (Fsp3) is 0.278. The number of aromatic amines is 1. The van der Waals surface area contributed by atoms with Gasteiger partial charge in [-0.3, -0.25) is 4.79 Å². The smallest absolute Gasteiger partial charge is 0.257 e. The van der Waals surface area contributed by atoms with E-state index >= 15 is 0 Å². The molecule has 1 N–H and O–H groups in total. The Labute approximate surface area is 129 Å². The molecule has 0 spiro atoms. The quantitative estimate of drug-likeness (QED) is 0.700. The summed E-state index contributed by atoms with van der Waals surface area (Å²) >= 11 is 0. The standard InChI is InChI=1S/C18H19N3O/c1-20-8-10-21(11-9-20)17-12-16-14-5-3-2-4-13(14)6-7-15(16)18(22)19-17/h2-7,12H,8-11H2,1H3,(H,19,22). The monoisotopic (exact) mass is 293 g/mol. The molecule has 4 nitrogen and oxygen atoms in total. The summed E-state index contributed by atoms with van der Waals surface area (Å²) in [5.41, 5.74) is -0.00261. The molecule has 2 aromatic carbocycles. The van der Waals surface area contributed by atoms with Crippen LogP contribution < -0.4 is 10.5 Å². The number of aromatic nitrogens is 1. The molecule has 1 fully saturated rings. The van der Waals surface area contributed by atoms with Crippen molar-refractivity contribution in [3.05, 3.63) is 52.8 Å². The third-order valence-corrected chi connectivity index (χ3v) is 4.58. The highest BCUT2D eigenvalue weighted by Crippen LogP contribution is 2.26. The number of pyridine rings is 1. The molecule has 4 heteroatoms. The van der Waals surface area contributed by atoms with Gasteiger partial charge in [0, 0.05) is 31.6 Å². The topological polar surface area (TPSA) is 39.3 Å². The normalized spacial score (nSPS) is 16.5. The summed E-state index contributed by atoms with van der Waals surface area (Å²) in [4.78, 5) is 20.1. The van der Waals surface area contributed by atoms with Gasteiger partial charge in [-0.25, -0.2) is 0 Å². The Hall–Kier alpha value is -2.33. The molecule has 0 bridgehead atoms. The number of nitrogens with zero attached hydrogens (tertiary/aromatic N) is 2. The van der Waals surface area contributed by atoms with Crippen molar-refractivity contribution in [2.24, 2.45) is 0 Å². The molecular weight excluding hydrogens is 274 g/mol. The number of hydrogen-bond donors (Lipinski definition) is 1. The minimum atomic E-state index is -0.00261. The first kappa shape index (κ1) is 13.3. The second-order valence-corrected chi connectivity index (χ2v) is 6.02. The molecular formula is C18H19N3O. The third kappa shape index (κ3) is 2.16. The van der Waals surface area contributed by atoms with Gasteiger partial charge in [-0.05, 0) is 35.3 Å². The van der Waals surface area contributed by atoms with Gasteiger partial charge in [0.05, 0.1) is 0 Å². The Balaban J connectivity index is 1.90. The van der Waals surface area contributed by atoms with E-state index < -0.39 is 0 Å². The van der Waals surface area contributed by atoms with Crippen LogP contribution >= 0.6 is 0 Å². The summed E-state index contributed by atoms with van der Waals surface area (Å²) in [7, 11) is 2.13. The van der Waals surface area contributed by atoms with Crippen molar-refractivity contribution in [2.75, 3.05) is 38.1 Å². The van der Waals surface area contributed by atoms with Gasteiger partial charge in [0.1, 0.15) is 5.82 Å². The number of rotatable bonds is 1. The van der Waals surface area contributed by atoms with Gasteiger partial charge in [0.15, 0.2) is 0 Å². The molecule has 2 heterocycles. The van der Waals surface area contributed by atoms with E-state index in [1.807, 2.05) is 24.3 Å². The number of fused-ring (bicyclic) bond motifs is 3. The van der Waals surface area contributed by atoms with Gasteiger partial charge in [0.2, 0.25) is 0 Å². The number of anilines is 1. The van der Waals surface area contributed by atoms with Gasteiger partial charge in [-0.1, -0.05) is 30.3 Å². The van der Waals surface area contributed by atoms with Gasteiger partial charge < -0.3 is 14.8 Å². The molecule has 0 saturated carbocycles. The second-order valence-electron chi connectivity index (χ2n) is 6.02. The minimum Gasteiger partial charge on any atom is -0.356 e. The second kappa shape index (κ2) is 5.14. The molecule has 0 radical (unpaired) electrons. The van der Waals surface area contributed by atoms with E-state index in [0.29, 0.717) is 0 Å². The van der Waals surface area contributed by atoms with E-state index in [9.17, 15) is 4.79 Å². The van der Waals surface area contributed by atoms with E-state index in [-0.39, 0.29) is 5.56 Å². The van der Waals surface area contributed by atoms with Crippen molar-refractivity contribution in [1.82, 2.24) is 9.88 Å². The Morgan fingerprint density at radius 2 is 1.68 bits per heavy atom. The molecule has 1 saturated heterocycles. The van der Waals surface area contributed by atoms with Crippen LogP contribution in [0.25, 0.3) is 21.5 Å². The third-order valence-electron chi connectivity index (χ3n) is 4.58. The predicted molar refractivity (Wildman–Crippen MR) is 91.8 cm³/mol. The van der Waals surface area contributed by atoms with Crippen LogP contribution in [0.1, 0.15) is 0 Å². The van der Waals surface area contributed by atoms with Crippen molar-refractivity contribution >= 4 is 27.4 Å². The average Bonchev–Trinajstić information content (AvgIpc) is 2.55. The number of hydrogen-bond acceptors (Lipinski definition) is 3. The lowest BCUT2D eigenvalue weighted by atomic mass is 10.0. The molecule has 22 heavy (non-hydrogen) atoms. The Kier molecular flexibility index (Phi) is 3.12. The molecule has 1 aliphatic heterocycles. The van der Waals surface area contributed by atoms with Crippen LogP contribution in [-0.2, 0) is 0 Å². The van der Waals surface area contributed by atoms with Crippen LogP contribution in [0.3, 0.4) is 0 Å². The predicted octanol–water partition coefficient (Wildman–Crippen LogP) is 2.43. The van der Waals surface area contributed by atoms with Gasteiger partial charge in [-0.15, -0.1) is 0 Å². The summed E-state index contributed by atoms with van der Waals surface area (Å²) in [6.07, 6.45) is 0. The van der Waals surface area contributed by atoms with Crippen molar-refractivity contribution < 1.29 is 0 Å². The Morgan fingerprint density at radius 1 is 0.909 bits per heavy atom. The van der Waals surface area contributed by atoms with Gasteiger partial charge in [-0.2, -0.15) is 0 Å². The molecule has 0 unspecified atom stereocenters. The van der Waals surface area contributed by atoms with Crippen LogP contribution in [0.4, 0.5) is 5.82 Å². The maximum atomic E-state index is 12.5. The fourth-order valence-corrected chi connectivity index (χ4v) is 3.22. The minimum absolute atomic E-state index is 0.00261. The molecule has 112 valence electrons. The van der Waals surface area contributed by atoms with Crippen molar-refractivity contribution in [3.63, 3.8) is 0 Å². The maximum Gasteiger partial charge on any atom is 0.257 e. The summed E-state index contributed by atoms with van der Waals surface area (Å²) < 4.78 is 0. The highest BCUT2D eigenvalue weighted by atomic mass is 16.1. The molecule has 0 atom stereocenters. The highest BCUT2D eigenvalue weighted by Gasteiger charge is 2.16. The summed E-state index contributed by atoms with van der Waals surface area (Å²) in [6.45, 7) is 3.94. The SMILES string of the molecule is CN1CCN(c2cc3c(ccc4ccccc43)c(=O)[nH]2)CC1. The number of nitrogens with one attached hydrogen (secondary N) is 1. The van der Waals surface area contributed by atoms with Crippen molar-refractivity contribution in [3.8, 4) is 0 Å². The Morgan fingerprint density at radius 3 is 2.50 bits per heavy atom. The Bertz CT molecular complexity index is 892. The van der Waals surface area contributed by atoms with Crippen LogP contribution in [0, 0.1) is 0 Å². The van der Waals surface area contributed by atoms with Crippen molar-refractivity contribution in [1.29, 1.82) is 0 Å². The molecule has 4 rings (SSSR count). The zero-order valence-electron chi connectivity index (χ0n) is 12.7. The lowest BCUT2D eigenvalue weighted by Gasteiger charge is -2.33. The van der Waals surface area contributed by atoms with E-state index in [4.69, 9.17) is 0 Å². The van der Waals surface area contributed by atoms with Crippen LogP contribution in [0.5, 0.6) is 0 Å². The van der Waals surface area contributed by atoms with Gasteiger partial charge >= 0.3 is 0 Å². The molecule has 0 amide bonds. The first-order chi connectivity index (χ1) is 10.7. The van der Waals surface area contributed by atoms with Gasteiger partial charge in [0.25, 0.3) is 5.56 Å². The van der Waals surface area contributed by atoms with E-state index in [0.717, 1.165) is 48.2 Å². The fourth-order valence-electron chi connectivity index (χ4n) is 3.22. The highest BCUT2D eigenvalue weighted by molar-refractivity contribution is 6.07. The van der Waals surface area contributed by atoms with E-state index in [1.54, 1.807) is 0 Å². The average molecular weight is 293 g/mol. The largest absolute Gasteiger partial charge is 0.356 e. The number of piperazine rings is 1. The molecule has 0 aliphatic carbocycles. The molecule has 3 aromatic rings. The summed E-state index contributed by atoms with van der Waals surface area (Å²) in [5.74, 6) is 0.932. The number of H-pyrrole nitrogens is 1. The maximum absolute atomic E-state index is 12.5. The first-order valence-corrected chi connectivity index (χ1v) is 7.71. The van der Waals surface area contributed by atoms with Crippen LogP contribution in [-0.4, -0.2) is 43.1 Å². The first-order valence-electron chi connectivity index (χ1n) is 7.71. The van der Waals surface area contributed by atoms with E-state index in [1.165, 1.54) is 5.39 Å². The lowest BCUT2D eigenvalue weighted by molar-refractivity contribution is 0.312. The summed E-state index contributed by atoms with van der Waals surface area (Å²) in [5, 5.41) is 4.11. The summed E-state index contributed by atoms with van der Waals surface area (Å²) in [6, 6.07) is 14.3. The van der Waals surface area contributed by atoms with E-state index in [2.05, 4.69) is 40.0 Å². The zero-order chi connectivity index (χ0) is 15.1. The van der Waals surface area contributed by atoms with Crippen LogP contribution in [0.15, 0.2) is 47.3 Å². The molecule has 1 aliphatic rings. The molecule has 1 aromatic heterocycles.